The molecule has 1 amide bonds. The first-order chi connectivity index (χ1) is 17.6. The summed E-state index contributed by atoms with van der Waals surface area (Å²) in [6.45, 7) is 5.84. The van der Waals surface area contributed by atoms with Gasteiger partial charge in [-0.1, -0.05) is 74.2 Å². The number of carbonyl (C=O) groups excluding carboxylic acids is 1. The van der Waals surface area contributed by atoms with E-state index in [4.69, 9.17) is 14.2 Å². The molecule has 1 heterocycles. The van der Waals surface area contributed by atoms with Crippen LogP contribution < -0.4 is 5.32 Å². The summed E-state index contributed by atoms with van der Waals surface area (Å²) in [5.74, 6) is 0.892. The lowest BCUT2D eigenvalue weighted by atomic mass is 9.91. The Morgan fingerprint density at radius 2 is 1.72 bits per heavy atom. The van der Waals surface area contributed by atoms with Crippen molar-refractivity contribution in [1.82, 2.24) is 0 Å². The van der Waals surface area contributed by atoms with Gasteiger partial charge < -0.3 is 19.3 Å². The van der Waals surface area contributed by atoms with Crippen LogP contribution in [0.2, 0.25) is 0 Å². The zero-order valence-corrected chi connectivity index (χ0v) is 21.0. The molecule has 0 spiro atoms. The Hall–Kier alpha value is -3.10. The first kappa shape index (κ1) is 26.0. The molecule has 3 aromatic rings. The predicted molar refractivity (Wildman–Crippen MR) is 142 cm³/mol. The average molecular weight is 506 g/mol. The summed E-state index contributed by atoms with van der Waals surface area (Å²) in [6, 6.07) is 25.5. The molecule has 6 nitrogen and oxygen atoms in total. The number of hydrogen-bond acceptors (Lipinski definition) is 6. The van der Waals surface area contributed by atoms with E-state index in [1.54, 1.807) is 23.9 Å². The third-order valence-corrected chi connectivity index (χ3v) is 7.14. The SMILES string of the molecule is C=CCOC(=O)Nc1ccc(C2OC(CSc3ccccc3)C(C)C(c3ccc(CO)cc3)O2)cc1. The molecule has 1 aliphatic rings. The van der Waals surface area contributed by atoms with Crippen LogP contribution in [0, 0.1) is 5.92 Å². The number of ether oxygens (including phenoxy) is 3. The number of hydrogen-bond donors (Lipinski definition) is 2. The minimum absolute atomic E-state index is 0.00491. The maximum absolute atomic E-state index is 11.8. The molecule has 188 valence electrons. The molecule has 1 fully saturated rings. The van der Waals surface area contributed by atoms with E-state index in [0.717, 1.165) is 22.4 Å². The molecular weight excluding hydrogens is 474 g/mol. The molecule has 4 unspecified atom stereocenters. The third kappa shape index (κ3) is 6.77. The van der Waals surface area contributed by atoms with E-state index < -0.39 is 12.4 Å². The number of carbonyl (C=O) groups is 1. The third-order valence-electron chi connectivity index (χ3n) is 6.04. The first-order valence-corrected chi connectivity index (χ1v) is 12.9. The average Bonchev–Trinajstić information content (AvgIpc) is 2.92. The molecule has 3 aromatic carbocycles. The van der Waals surface area contributed by atoms with Crippen molar-refractivity contribution in [3.63, 3.8) is 0 Å². The Bertz CT molecular complexity index is 1120. The summed E-state index contributed by atoms with van der Waals surface area (Å²) in [5, 5.41) is 12.1. The van der Waals surface area contributed by atoms with E-state index in [1.807, 2.05) is 54.6 Å². The zero-order valence-electron chi connectivity index (χ0n) is 20.2. The van der Waals surface area contributed by atoms with Crippen molar-refractivity contribution in [1.29, 1.82) is 0 Å². The molecule has 0 aliphatic carbocycles. The smallest absolute Gasteiger partial charge is 0.411 e. The van der Waals surface area contributed by atoms with Crippen molar-refractivity contribution in [3.8, 4) is 0 Å². The standard InChI is InChI=1S/C29H31NO5S/c1-3-17-33-29(32)30-24-15-13-23(14-16-24)28-34-26(19-36-25-7-5-4-6-8-25)20(2)27(35-28)22-11-9-21(18-31)10-12-22/h3-16,20,26-28,31H,1,17-19H2,2H3,(H,30,32). The van der Waals surface area contributed by atoms with Crippen LogP contribution in [0.25, 0.3) is 0 Å². The minimum atomic E-state index is -0.563. The molecule has 1 saturated heterocycles. The number of aliphatic hydroxyl groups is 1. The Morgan fingerprint density at radius 3 is 2.39 bits per heavy atom. The topological polar surface area (TPSA) is 77.0 Å². The van der Waals surface area contributed by atoms with Crippen LogP contribution in [0.1, 0.15) is 36.0 Å². The van der Waals surface area contributed by atoms with Gasteiger partial charge >= 0.3 is 6.09 Å². The van der Waals surface area contributed by atoms with Gasteiger partial charge in [0.1, 0.15) is 6.61 Å². The summed E-state index contributed by atoms with van der Waals surface area (Å²) < 4.78 is 17.9. The fourth-order valence-corrected chi connectivity index (χ4v) is 5.11. The van der Waals surface area contributed by atoms with Crippen molar-refractivity contribution >= 4 is 23.5 Å². The van der Waals surface area contributed by atoms with Gasteiger partial charge in [-0.25, -0.2) is 4.79 Å². The van der Waals surface area contributed by atoms with Crippen LogP contribution in [0.4, 0.5) is 10.5 Å². The zero-order chi connectivity index (χ0) is 25.3. The van der Waals surface area contributed by atoms with Crippen molar-refractivity contribution in [2.75, 3.05) is 17.7 Å². The summed E-state index contributed by atoms with van der Waals surface area (Å²) in [5.41, 5.74) is 3.38. The van der Waals surface area contributed by atoms with Crippen LogP contribution in [0.15, 0.2) is 96.4 Å². The lowest BCUT2D eigenvalue weighted by Gasteiger charge is -2.41. The highest BCUT2D eigenvalue weighted by Crippen LogP contribution is 2.43. The summed E-state index contributed by atoms with van der Waals surface area (Å²) in [6.07, 6.45) is 0.187. The monoisotopic (exact) mass is 505 g/mol. The second-order valence-electron chi connectivity index (χ2n) is 8.58. The molecule has 0 aromatic heterocycles. The van der Waals surface area contributed by atoms with Crippen LogP contribution in [0.5, 0.6) is 0 Å². The van der Waals surface area contributed by atoms with Gasteiger partial charge in [-0.3, -0.25) is 5.32 Å². The highest BCUT2D eigenvalue weighted by Gasteiger charge is 2.38. The maximum atomic E-state index is 11.8. The van der Waals surface area contributed by atoms with E-state index in [1.165, 1.54) is 11.0 Å². The van der Waals surface area contributed by atoms with Gasteiger partial charge in [-0.2, -0.15) is 0 Å². The normalized spacial score (nSPS) is 21.5. The molecule has 2 N–H and O–H groups in total. The molecular formula is C29H31NO5S. The molecule has 0 saturated carbocycles. The van der Waals surface area contributed by atoms with Crippen LogP contribution in [-0.2, 0) is 20.8 Å². The number of aliphatic hydroxyl groups excluding tert-OH is 1. The Balaban J connectivity index is 1.52. The summed E-state index contributed by atoms with van der Waals surface area (Å²) >= 11 is 1.76. The van der Waals surface area contributed by atoms with Crippen LogP contribution in [-0.4, -0.2) is 29.7 Å². The van der Waals surface area contributed by atoms with Gasteiger partial charge in [0.05, 0.1) is 18.8 Å². The van der Waals surface area contributed by atoms with E-state index in [2.05, 4.69) is 31.0 Å². The van der Waals surface area contributed by atoms with Crippen molar-refractivity contribution in [3.05, 3.63) is 108 Å². The molecule has 36 heavy (non-hydrogen) atoms. The van der Waals surface area contributed by atoms with E-state index >= 15 is 0 Å². The van der Waals surface area contributed by atoms with Gasteiger partial charge in [-0.15, -0.1) is 11.8 Å². The fraction of sp³-hybridized carbons (Fsp3) is 0.276. The lowest BCUT2D eigenvalue weighted by molar-refractivity contribution is -0.268. The van der Waals surface area contributed by atoms with Crippen molar-refractivity contribution in [2.45, 2.75) is 36.9 Å². The van der Waals surface area contributed by atoms with Crippen molar-refractivity contribution in [2.24, 2.45) is 5.92 Å². The predicted octanol–water partition coefficient (Wildman–Crippen LogP) is 6.50. The van der Waals surface area contributed by atoms with Gasteiger partial charge in [0.15, 0.2) is 6.29 Å². The molecule has 4 atom stereocenters. The van der Waals surface area contributed by atoms with Gasteiger partial charge in [-0.05, 0) is 35.4 Å². The van der Waals surface area contributed by atoms with Gasteiger partial charge in [0.2, 0.25) is 0 Å². The van der Waals surface area contributed by atoms with Crippen molar-refractivity contribution < 1.29 is 24.1 Å². The number of amides is 1. The van der Waals surface area contributed by atoms with Gasteiger partial charge in [0.25, 0.3) is 0 Å². The Morgan fingerprint density at radius 1 is 1.03 bits per heavy atom. The van der Waals surface area contributed by atoms with E-state index in [-0.39, 0.29) is 31.3 Å². The van der Waals surface area contributed by atoms with E-state index in [9.17, 15) is 9.90 Å². The van der Waals surface area contributed by atoms with E-state index in [0.29, 0.717) is 5.69 Å². The van der Waals surface area contributed by atoms with Crippen LogP contribution in [0.3, 0.4) is 0 Å². The quantitative estimate of drug-likeness (QED) is 0.255. The molecule has 1 aliphatic heterocycles. The largest absolute Gasteiger partial charge is 0.445 e. The second kappa shape index (κ2) is 12.7. The number of rotatable bonds is 9. The maximum Gasteiger partial charge on any atom is 0.411 e. The number of thioether (sulfide) groups is 1. The molecule has 7 heteroatoms. The lowest BCUT2D eigenvalue weighted by Crippen LogP contribution is -2.38. The second-order valence-corrected chi connectivity index (χ2v) is 9.67. The fourth-order valence-electron chi connectivity index (χ4n) is 4.02. The number of nitrogens with one attached hydrogen (secondary N) is 1. The van der Waals surface area contributed by atoms with Crippen LogP contribution >= 0.6 is 11.8 Å². The minimum Gasteiger partial charge on any atom is -0.445 e. The highest BCUT2D eigenvalue weighted by molar-refractivity contribution is 7.99. The Labute approximate surface area is 216 Å². The number of benzene rings is 3. The van der Waals surface area contributed by atoms with Gasteiger partial charge in [0, 0.05) is 27.8 Å². The Kier molecular flexibility index (Phi) is 9.19. The molecule has 0 radical (unpaired) electrons. The molecule has 0 bridgehead atoms. The highest BCUT2D eigenvalue weighted by atomic mass is 32.2. The summed E-state index contributed by atoms with van der Waals surface area (Å²) in [7, 11) is 0. The summed E-state index contributed by atoms with van der Waals surface area (Å²) in [4.78, 5) is 13.0. The first-order valence-electron chi connectivity index (χ1n) is 11.9. The molecule has 4 rings (SSSR count). The number of anilines is 1.